The first-order valence-electron chi connectivity index (χ1n) is 4.34. The summed E-state index contributed by atoms with van der Waals surface area (Å²) in [5, 5.41) is 4.38. The molecule has 2 aromatic rings. The molecule has 2 rings (SSSR count). The van der Waals surface area contributed by atoms with Gasteiger partial charge in [-0.3, -0.25) is 9.48 Å². The predicted molar refractivity (Wildman–Crippen MR) is 57.4 cm³/mol. The van der Waals surface area contributed by atoms with Gasteiger partial charge in [-0.1, -0.05) is 6.58 Å². The average molecular weight is 205 g/mol. The van der Waals surface area contributed by atoms with Gasteiger partial charge in [-0.2, -0.15) is 5.10 Å². The second kappa shape index (κ2) is 3.16. The highest BCUT2D eigenvalue weighted by atomic mass is 16.1. The third kappa shape index (κ3) is 1.56. The van der Waals surface area contributed by atoms with Crippen LogP contribution in [0.25, 0.3) is 12.7 Å². The molecule has 2 heterocycles. The molecule has 0 aliphatic heterocycles. The van der Waals surface area contributed by atoms with Crippen molar-refractivity contribution in [3.63, 3.8) is 0 Å². The lowest BCUT2D eigenvalue weighted by Crippen LogP contribution is -2.22. The minimum atomic E-state index is -0.219. The van der Waals surface area contributed by atoms with Gasteiger partial charge in [0.2, 0.25) is 0 Å². The molecule has 0 amide bonds. The van der Waals surface area contributed by atoms with Gasteiger partial charge in [0.15, 0.2) is 0 Å². The van der Waals surface area contributed by atoms with E-state index in [0.29, 0.717) is 22.2 Å². The number of aromatic nitrogens is 4. The standard InChI is InChI=1S/C9H11N5O/c1-5-12-7(9(15)13-5)3-6-4-11-14(2)8(6)10/h3-4,12H,1,10H2,2H3,(H,13,15). The maximum absolute atomic E-state index is 11.3. The van der Waals surface area contributed by atoms with Gasteiger partial charge in [-0.05, 0) is 6.08 Å². The number of anilines is 1. The number of aryl methyl sites for hydroxylation is 1. The Bertz CT molecular complexity index is 645. The van der Waals surface area contributed by atoms with Gasteiger partial charge in [0.05, 0.1) is 6.20 Å². The fraction of sp³-hybridized carbons (Fsp3) is 0.111. The predicted octanol–water partition coefficient (Wildman–Crippen LogP) is -1.74. The summed E-state index contributed by atoms with van der Waals surface area (Å²) in [6, 6.07) is 0. The number of nitrogen functional groups attached to an aromatic ring is 1. The van der Waals surface area contributed by atoms with E-state index in [1.54, 1.807) is 19.3 Å². The highest BCUT2D eigenvalue weighted by Crippen LogP contribution is 2.08. The van der Waals surface area contributed by atoms with E-state index in [0.717, 1.165) is 0 Å². The summed E-state index contributed by atoms with van der Waals surface area (Å²) in [5.74, 6) is 0.509. The minimum Gasteiger partial charge on any atom is -0.383 e. The van der Waals surface area contributed by atoms with E-state index < -0.39 is 0 Å². The summed E-state index contributed by atoms with van der Waals surface area (Å²) < 4.78 is 1.54. The van der Waals surface area contributed by atoms with Gasteiger partial charge < -0.3 is 15.7 Å². The first kappa shape index (κ1) is 9.32. The fourth-order valence-electron chi connectivity index (χ4n) is 1.29. The highest BCUT2D eigenvalue weighted by molar-refractivity contribution is 5.59. The van der Waals surface area contributed by atoms with E-state index in [9.17, 15) is 4.79 Å². The van der Waals surface area contributed by atoms with Crippen LogP contribution in [-0.4, -0.2) is 19.7 Å². The van der Waals surface area contributed by atoms with Gasteiger partial charge in [0.25, 0.3) is 5.56 Å². The zero-order chi connectivity index (χ0) is 11.0. The number of hydrogen-bond donors (Lipinski definition) is 3. The van der Waals surface area contributed by atoms with Crippen molar-refractivity contribution in [3.8, 4) is 0 Å². The maximum atomic E-state index is 11.3. The van der Waals surface area contributed by atoms with Crippen molar-refractivity contribution in [1.29, 1.82) is 0 Å². The van der Waals surface area contributed by atoms with Crippen molar-refractivity contribution >= 4 is 18.5 Å². The summed E-state index contributed by atoms with van der Waals surface area (Å²) in [7, 11) is 1.73. The van der Waals surface area contributed by atoms with Crippen LogP contribution in [0, 0.1) is 0 Å². The Morgan fingerprint density at radius 3 is 2.80 bits per heavy atom. The zero-order valence-corrected chi connectivity index (χ0v) is 8.24. The molecule has 6 nitrogen and oxygen atoms in total. The largest absolute Gasteiger partial charge is 0.383 e. The molecule has 0 fully saturated rings. The van der Waals surface area contributed by atoms with Crippen LogP contribution in [0.2, 0.25) is 0 Å². The second-order valence-electron chi connectivity index (χ2n) is 3.22. The normalized spacial score (nSPS) is 12.2. The van der Waals surface area contributed by atoms with Crippen molar-refractivity contribution in [2.45, 2.75) is 0 Å². The van der Waals surface area contributed by atoms with Crippen LogP contribution in [0.3, 0.4) is 0 Å². The molecular formula is C9H11N5O. The lowest BCUT2D eigenvalue weighted by Gasteiger charge is -1.92. The molecule has 78 valence electrons. The van der Waals surface area contributed by atoms with E-state index in [2.05, 4.69) is 21.6 Å². The Hall–Kier alpha value is -2.24. The Labute approximate surface area is 84.7 Å². The van der Waals surface area contributed by atoms with E-state index in [-0.39, 0.29) is 5.56 Å². The first-order chi connectivity index (χ1) is 7.08. The third-order valence-electron chi connectivity index (χ3n) is 2.11. The van der Waals surface area contributed by atoms with Crippen molar-refractivity contribution in [2.75, 3.05) is 5.73 Å². The van der Waals surface area contributed by atoms with Crippen LogP contribution in [-0.2, 0) is 7.05 Å². The zero-order valence-electron chi connectivity index (χ0n) is 8.24. The molecule has 0 saturated carbocycles. The minimum absolute atomic E-state index is 0.219. The van der Waals surface area contributed by atoms with Crippen LogP contribution in [0.5, 0.6) is 0 Å². The van der Waals surface area contributed by atoms with Crippen molar-refractivity contribution in [3.05, 3.63) is 32.9 Å². The molecular weight excluding hydrogens is 194 g/mol. The second-order valence-corrected chi connectivity index (χ2v) is 3.22. The van der Waals surface area contributed by atoms with Gasteiger partial charge in [-0.25, -0.2) is 0 Å². The molecule has 0 unspecified atom stereocenters. The lowest BCUT2D eigenvalue weighted by atomic mass is 10.3. The SMILES string of the molecule is C=c1[nH]c(=O)c(=Cc2cnn(C)c2N)[nH]1. The molecule has 0 saturated heterocycles. The van der Waals surface area contributed by atoms with Crippen LogP contribution in [0.1, 0.15) is 5.56 Å². The van der Waals surface area contributed by atoms with E-state index >= 15 is 0 Å². The van der Waals surface area contributed by atoms with E-state index in [1.807, 2.05) is 0 Å². The van der Waals surface area contributed by atoms with Gasteiger partial charge >= 0.3 is 0 Å². The van der Waals surface area contributed by atoms with E-state index in [1.165, 1.54) is 4.68 Å². The molecule has 0 aliphatic rings. The molecule has 2 aromatic heterocycles. The number of aromatic amines is 2. The molecule has 0 spiro atoms. The molecule has 0 bridgehead atoms. The van der Waals surface area contributed by atoms with Gasteiger partial charge in [0, 0.05) is 12.6 Å². The van der Waals surface area contributed by atoms with Crippen LogP contribution in [0.4, 0.5) is 5.82 Å². The van der Waals surface area contributed by atoms with Crippen molar-refractivity contribution < 1.29 is 0 Å². The number of hydrogen-bond acceptors (Lipinski definition) is 3. The molecule has 15 heavy (non-hydrogen) atoms. The quantitative estimate of drug-likeness (QED) is 0.516. The number of nitrogens with two attached hydrogens (primary N) is 1. The van der Waals surface area contributed by atoms with Crippen molar-refractivity contribution in [2.24, 2.45) is 7.05 Å². The number of nitrogens with one attached hydrogen (secondary N) is 2. The van der Waals surface area contributed by atoms with Gasteiger partial charge in [0.1, 0.15) is 16.6 Å². The topological polar surface area (TPSA) is 92.5 Å². The summed E-state index contributed by atoms with van der Waals surface area (Å²) >= 11 is 0. The Morgan fingerprint density at radius 1 is 1.60 bits per heavy atom. The van der Waals surface area contributed by atoms with Crippen molar-refractivity contribution in [1.82, 2.24) is 19.7 Å². The molecule has 4 N–H and O–H groups in total. The smallest absolute Gasteiger partial charge is 0.273 e. The first-order valence-corrected chi connectivity index (χ1v) is 4.34. The molecule has 0 aliphatic carbocycles. The van der Waals surface area contributed by atoms with Crippen LogP contribution < -0.4 is 22.1 Å². The molecule has 6 heteroatoms. The number of imidazole rings is 1. The Morgan fingerprint density at radius 2 is 2.33 bits per heavy atom. The number of nitrogens with zero attached hydrogens (tertiary/aromatic N) is 2. The average Bonchev–Trinajstić information content (AvgIpc) is 2.64. The highest BCUT2D eigenvalue weighted by Gasteiger charge is 2.01. The number of H-pyrrole nitrogens is 2. The molecule has 0 radical (unpaired) electrons. The monoisotopic (exact) mass is 205 g/mol. The van der Waals surface area contributed by atoms with Crippen LogP contribution in [0.15, 0.2) is 11.0 Å². The lowest BCUT2D eigenvalue weighted by molar-refractivity contribution is 0.779. The summed E-state index contributed by atoms with van der Waals surface area (Å²) in [6.45, 7) is 3.59. The summed E-state index contributed by atoms with van der Waals surface area (Å²) in [4.78, 5) is 16.7. The van der Waals surface area contributed by atoms with E-state index in [4.69, 9.17) is 5.73 Å². The van der Waals surface area contributed by atoms with Gasteiger partial charge in [-0.15, -0.1) is 0 Å². The Balaban J connectivity index is 2.65. The third-order valence-corrected chi connectivity index (χ3v) is 2.11. The number of rotatable bonds is 1. The fourth-order valence-corrected chi connectivity index (χ4v) is 1.29. The summed E-state index contributed by atoms with van der Waals surface area (Å²) in [6.07, 6.45) is 3.23. The summed E-state index contributed by atoms with van der Waals surface area (Å²) in [5.41, 5.74) is 6.68. The molecule has 0 atom stereocenters. The van der Waals surface area contributed by atoms with Crippen LogP contribution >= 0.6 is 0 Å². The maximum Gasteiger partial charge on any atom is 0.273 e. The molecule has 0 aromatic carbocycles. The Kier molecular flexibility index (Phi) is 1.96.